The van der Waals surface area contributed by atoms with Crippen LogP contribution in [0.25, 0.3) is 11.5 Å². The van der Waals surface area contributed by atoms with Gasteiger partial charge in [0.2, 0.25) is 11.8 Å². The summed E-state index contributed by atoms with van der Waals surface area (Å²) >= 11 is 0. The summed E-state index contributed by atoms with van der Waals surface area (Å²) in [5.74, 6) is 1.34. The maximum atomic E-state index is 12.0. The number of anilines is 3. The van der Waals surface area contributed by atoms with Gasteiger partial charge in [0.15, 0.2) is 0 Å². The fraction of sp³-hybridized carbons (Fsp3) is 0.217. The molecule has 1 aliphatic heterocycles. The monoisotopic (exact) mass is 458 g/mol. The third kappa shape index (κ3) is 4.41. The van der Waals surface area contributed by atoms with E-state index < -0.39 is 6.04 Å². The summed E-state index contributed by atoms with van der Waals surface area (Å²) in [5.41, 5.74) is 3.73. The molecule has 0 saturated heterocycles. The van der Waals surface area contributed by atoms with Crippen LogP contribution in [0.1, 0.15) is 33.4 Å². The molecule has 1 amide bonds. The van der Waals surface area contributed by atoms with Crippen molar-refractivity contribution in [2.24, 2.45) is 0 Å². The molecule has 34 heavy (non-hydrogen) atoms. The highest BCUT2D eigenvalue weighted by Gasteiger charge is 2.20. The van der Waals surface area contributed by atoms with E-state index in [2.05, 4.69) is 41.1 Å². The molecule has 11 heteroatoms. The molecule has 4 N–H and O–H groups in total. The number of hydrogen-bond acceptors (Lipinski definition) is 10. The number of carbonyl (C=O) groups excluding carboxylic acids is 1. The van der Waals surface area contributed by atoms with E-state index in [4.69, 9.17) is 4.42 Å². The quantitative estimate of drug-likeness (QED) is 0.325. The fourth-order valence-corrected chi connectivity index (χ4v) is 3.74. The highest BCUT2D eigenvalue weighted by Crippen LogP contribution is 2.30. The van der Waals surface area contributed by atoms with Crippen molar-refractivity contribution in [3.63, 3.8) is 0 Å². The molecule has 4 heterocycles. The number of fused-ring (bicyclic) bond motifs is 1. The number of pyridine rings is 1. The second-order valence-electron chi connectivity index (χ2n) is 7.74. The highest BCUT2D eigenvalue weighted by atomic mass is 16.4. The predicted molar refractivity (Wildman–Crippen MR) is 124 cm³/mol. The second-order valence-corrected chi connectivity index (χ2v) is 7.74. The Labute approximate surface area is 194 Å². The number of aryl methyl sites for hydroxylation is 1. The molecular weight excluding hydrogens is 436 g/mol. The van der Waals surface area contributed by atoms with Gasteiger partial charge in [0, 0.05) is 43.3 Å². The minimum Gasteiger partial charge on any atom is -0.421 e. The van der Waals surface area contributed by atoms with Gasteiger partial charge in [-0.05, 0) is 47.9 Å². The summed E-state index contributed by atoms with van der Waals surface area (Å²) in [4.78, 5) is 25.1. The molecule has 0 fully saturated rings. The molecule has 0 unspecified atom stereocenters. The lowest BCUT2D eigenvalue weighted by Crippen LogP contribution is -2.31. The number of amides is 1. The summed E-state index contributed by atoms with van der Waals surface area (Å²) in [5, 5.41) is 27.3. The number of aliphatic hydroxyl groups excluding tert-OH is 1. The molecule has 0 spiro atoms. The zero-order chi connectivity index (χ0) is 23.5. The maximum Gasteiger partial charge on any atom is 0.253 e. The number of benzene rings is 1. The van der Waals surface area contributed by atoms with E-state index in [0.717, 1.165) is 23.2 Å². The Bertz CT molecular complexity index is 1330. The van der Waals surface area contributed by atoms with Crippen LogP contribution in [0, 0.1) is 6.92 Å². The average Bonchev–Trinajstić information content (AvgIpc) is 3.29. The van der Waals surface area contributed by atoms with Gasteiger partial charge >= 0.3 is 0 Å². The number of aliphatic hydroxyl groups is 1. The molecule has 0 radical (unpaired) electrons. The van der Waals surface area contributed by atoms with Crippen molar-refractivity contribution < 1.29 is 14.3 Å². The van der Waals surface area contributed by atoms with Crippen LogP contribution >= 0.6 is 0 Å². The van der Waals surface area contributed by atoms with Gasteiger partial charge in [0.1, 0.15) is 5.82 Å². The van der Waals surface area contributed by atoms with E-state index in [-0.39, 0.29) is 18.4 Å². The molecule has 0 aliphatic carbocycles. The molecule has 1 atom stereocenters. The van der Waals surface area contributed by atoms with Crippen LogP contribution in [-0.4, -0.2) is 49.3 Å². The van der Waals surface area contributed by atoms with Crippen LogP contribution in [0.3, 0.4) is 0 Å². The van der Waals surface area contributed by atoms with Gasteiger partial charge in [0.25, 0.3) is 11.8 Å². The van der Waals surface area contributed by atoms with E-state index in [9.17, 15) is 9.90 Å². The van der Waals surface area contributed by atoms with Crippen LogP contribution in [0.5, 0.6) is 0 Å². The third-order valence-electron chi connectivity index (χ3n) is 5.43. The molecule has 1 aliphatic rings. The predicted octanol–water partition coefficient (Wildman–Crippen LogP) is 2.41. The first kappa shape index (κ1) is 21.5. The number of nitrogens with one attached hydrogen (secondary N) is 3. The van der Waals surface area contributed by atoms with E-state index >= 15 is 0 Å². The number of hydrogen-bond donors (Lipinski definition) is 4. The largest absolute Gasteiger partial charge is 0.421 e. The Kier molecular flexibility index (Phi) is 5.83. The molecule has 4 aromatic rings. The van der Waals surface area contributed by atoms with E-state index in [1.54, 1.807) is 31.6 Å². The number of rotatable bonds is 7. The molecule has 3 aromatic heterocycles. The first-order chi connectivity index (χ1) is 16.6. The second kappa shape index (κ2) is 9.24. The van der Waals surface area contributed by atoms with Gasteiger partial charge < -0.3 is 25.5 Å². The summed E-state index contributed by atoms with van der Waals surface area (Å²) < 4.78 is 5.59. The van der Waals surface area contributed by atoms with E-state index in [0.29, 0.717) is 35.3 Å². The molecule has 5 rings (SSSR count). The van der Waals surface area contributed by atoms with Crippen LogP contribution in [0.4, 0.5) is 17.5 Å². The number of carbonyl (C=O) groups is 1. The molecular formula is C23H22N8O3. The normalized spacial score (nSPS) is 13.6. The highest BCUT2D eigenvalue weighted by molar-refractivity contribution is 5.97. The van der Waals surface area contributed by atoms with Crippen LogP contribution in [0.15, 0.2) is 53.3 Å². The van der Waals surface area contributed by atoms with Crippen molar-refractivity contribution in [3.8, 4) is 11.5 Å². The van der Waals surface area contributed by atoms with Gasteiger partial charge in [-0.25, -0.2) is 4.98 Å². The molecule has 0 saturated carbocycles. The smallest absolute Gasteiger partial charge is 0.253 e. The summed E-state index contributed by atoms with van der Waals surface area (Å²) in [7, 11) is 0. The van der Waals surface area contributed by atoms with Gasteiger partial charge in [-0.1, -0.05) is 0 Å². The van der Waals surface area contributed by atoms with Crippen molar-refractivity contribution in [3.05, 3.63) is 71.5 Å². The van der Waals surface area contributed by atoms with E-state index in [1.807, 2.05) is 24.3 Å². The van der Waals surface area contributed by atoms with Crippen molar-refractivity contribution in [1.29, 1.82) is 0 Å². The first-order valence-corrected chi connectivity index (χ1v) is 10.7. The molecule has 0 bridgehead atoms. The van der Waals surface area contributed by atoms with Crippen molar-refractivity contribution in [2.75, 3.05) is 23.8 Å². The maximum absolute atomic E-state index is 12.0. The van der Waals surface area contributed by atoms with Crippen molar-refractivity contribution in [2.45, 2.75) is 19.4 Å². The Morgan fingerprint density at radius 3 is 2.79 bits per heavy atom. The summed E-state index contributed by atoms with van der Waals surface area (Å²) in [6.45, 7) is 2.13. The Morgan fingerprint density at radius 2 is 2.03 bits per heavy atom. The van der Waals surface area contributed by atoms with Gasteiger partial charge in [0.05, 0.1) is 18.2 Å². The zero-order valence-corrected chi connectivity index (χ0v) is 18.3. The molecule has 11 nitrogen and oxygen atoms in total. The fourth-order valence-electron chi connectivity index (χ4n) is 3.74. The zero-order valence-electron chi connectivity index (χ0n) is 18.3. The SMILES string of the molecule is Cc1nnc(-c2cnc(Nc3ccc4c(c3)CCNC4=O)nc2N[C@H](CO)c2ccncc2)o1. The minimum atomic E-state index is -0.448. The topological polar surface area (TPSA) is 151 Å². The Hall–Kier alpha value is -4.38. The standard InChI is InChI=1S/C23H22N8O3/c1-13-30-31-22(34-13)18-11-26-23(27-16-2-3-17-15(10-16)6-9-25-21(17)33)29-20(18)28-19(12-32)14-4-7-24-8-5-14/h2-5,7-8,10-11,19,32H,6,9,12H2,1H3,(H,25,33)(H2,26,27,28,29)/t19-/m1/s1. The first-order valence-electron chi connectivity index (χ1n) is 10.7. The minimum absolute atomic E-state index is 0.0686. The Morgan fingerprint density at radius 1 is 1.18 bits per heavy atom. The van der Waals surface area contributed by atoms with Crippen molar-refractivity contribution in [1.82, 2.24) is 30.5 Å². The number of nitrogens with zero attached hydrogens (tertiary/aromatic N) is 5. The lowest BCUT2D eigenvalue weighted by molar-refractivity contribution is 0.0946. The Balaban J connectivity index is 1.48. The van der Waals surface area contributed by atoms with Gasteiger partial charge in [-0.3, -0.25) is 9.78 Å². The molecule has 1 aromatic carbocycles. The average molecular weight is 458 g/mol. The summed E-state index contributed by atoms with van der Waals surface area (Å²) in [6, 6.07) is 8.69. The van der Waals surface area contributed by atoms with Crippen LogP contribution < -0.4 is 16.0 Å². The number of aromatic nitrogens is 5. The lowest BCUT2D eigenvalue weighted by atomic mass is 10.00. The van der Waals surface area contributed by atoms with Crippen LogP contribution in [0.2, 0.25) is 0 Å². The lowest BCUT2D eigenvalue weighted by Gasteiger charge is -2.19. The van der Waals surface area contributed by atoms with E-state index in [1.165, 1.54) is 0 Å². The molecule has 172 valence electrons. The summed E-state index contributed by atoms with van der Waals surface area (Å²) in [6.07, 6.45) is 5.65. The van der Waals surface area contributed by atoms with Crippen LogP contribution in [-0.2, 0) is 6.42 Å². The van der Waals surface area contributed by atoms with Gasteiger partial charge in [-0.2, -0.15) is 4.98 Å². The van der Waals surface area contributed by atoms with Gasteiger partial charge in [-0.15, -0.1) is 10.2 Å². The third-order valence-corrected chi connectivity index (χ3v) is 5.43. The van der Waals surface area contributed by atoms with Crippen molar-refractivity contribution >= 4 is 23.4 Å².